The van der Waals surface area contributed by atoms with Crippen molar-refractivity contribution in [1.82, 2.24) is 4.90 Å². The first-order chi connectivity index (χ1) is 7.70. The van der Waals surface area contributed by atoms with Crippen molar-refractivity contribution in [1.29, 1.82) is 0 Å². The highest BCUT2D eigenvalue weighted by molar-refractivity contribution is 7.80. The topological polar surface area (TPSA) is 29.3 Å². The van der Waals surface area contributed by atoms with E-state index in [1.807, 2.05) is 0 Å². The molecule has 0 rings (SSSR count). The summed E-state index contributed by atoms with van der Waals surface area (Å²) in [5, 5.41) is 0. The summed E-state index contributed by atoms with van der Waals surface area (Å²) >= 11 is 4.88. The predicted octanol–water partition coefficient (Wildman–Crippen LogP) is 3.35. The fraction of sp³-hybridized carbons (Fsp3) is 0.923. The standard InChI is InChI=1S/C13H28N2S/c1-3-5-10-15(11-6-4-2)12-8-7-9-13(14)16/h3-12H2,1-2H3,(H2,14,16). The zero-order chi connectivity index (χ0) is 12.2. The average molecular weight is 244 g/mol. The van der Waals surface area contributed by atoms with Gasteiger partial charge in [-0.3, -0.25) is 0 Å². The van der Waals surface area contributed by atoms with Crippen molar-refractivity contribution in [2.45, 2.75) is 58.8 Å². The van der Waals surface area contributed by atoms with Crippen LogP contribution in [0.15, 0.2) is 0 Å². The maximum Gasteiger partial charge on any atom is 0.0727 e. The molecule has 0 fully saturated rings. The zero-order valence-electron chi connectivity index (χ0n) is 11.0. The van der Waals surface area contributed by atoms with Gasteiger partial charge in [0.2, 0.25) is 0 Å². The van der Waals surface area contributed by atoms with Crippen LogP contribution < -0.4 is 5.73 Å². The Morgan fingerprint density at radius 1 is 0.938 bits per heavy atom. The van der Waals surface area contributed by atoms with E-state index in [-0.39, 0.29) is 0 Å². The fourth-order valence-electron chi connectivity index (χ4n) is 1.73. The van der Waals surface area contributed by atoms with Gasteiger partial charge in [0.1, 0.15) is 0 Å². The van der Waals surface area contributed by atoms with Crippen LogP contribution in [-0.2, 0) is 0 Å². The summed E-state index contributed by atoms with van der Waals surface area (Å²) in [6.07, 6.45) is 8.49. The molecule has 0 aliphatic carbocycles. The van der Waals surface area contributed by atoms with E-state index >= 15 is 0 Å². The molecule has 0 aliphatic rings. The van der Waals surface area contributed by atoms with Crippen molar-refractivity contribution in [3.05, 3.63) is 0 Å². The number of thiocarbonyl (C=S) groups is 1. The van der Waals surface area contributed by atoms with E-state index in [4.69, 9.17) is 18.0 Å². The Hall–Kier alpha value is -0.150. The molecule has 2 nitrogen and oxygen atoms in total. The Labute approximate surface area is 107 Å². The highest BCUT2D eigenvalue weighted by Gasteiger charge is 2.03. The second-order valence-corrected chi connectivity index (χ2v) is 5.00. The van der Waals surface area contributed by atoms with Crippen LogP contribution in [0.5, 0.6) is 0 Å². The van der Waals surface area contributed by atoms with Gasteiger partial charge in [0.15, 0.2) is 0 Å². The second kappa shape index (κ2) is 11.3. The van der Waals surface area contributed by atoms with Gasteiger partial charge >= 0.3 is 0 Å². The molecule has 0 amide bonds. The summed E-state index contributed by atoms with van der Waals surface area (Å²) in [5.41, 5.74) is 5.49. The molecule has 3 heteroatoms. The normalized spacial score (nSPS) is 10.9. The first-order valence-corrected chi connectivity index (χ1v) is 7.12. The molecular weight excluding hydrogens is 216 g/mol. The lowest BCUT2D eigenvalue weighted by atomic mass is 10.2. The van der Waals surface area contributed by atoms with Crippen LogP contribution in [0.25, 0.3) is 0 Å². The van der Waals surface area contributed by atoms with Gasteiger partial charge < -0.3 is 10.6 Å². The van der Waals surface area contributed by atoms with Crippen molar-refractivity contribution < 1.29 is 0 Å². The van der Waals surface area contributed by atoms with Gasteiger partial charge in [-0.05, 0) is 51.7 Å². The SMILES string of the molecule is CCCCN(CCCC)CCCCC(N)=S. The monoisotopic (exact) mass is 244 g/mol. The highest BCUT2D eigenvalue weighted by atomic mass is 32.1. The molecule has 0 aromatic heterocycles. The molecule has 0 saturated heterocycles. The molecular formula is C13H28N2S. The molecule has 0 aromatic carbocycles. The molecule has 16 heavy (non-hydrogen) atoms. The number of hydrogen-bond acceptors (Lipinski definition) is 2. The van der Waals surface area contributed by atoms with E-state index in [2.05, 4.69) is 18.7 Å². The van der Waals surface area contributed by atoms with Crippen molar-refractivity contribution in [3.8, 4) is 0 Å². The van der Waals surface area contributed by atoms with E-state index in [1.165, 1.54) is 51.7 Å². The lowest BCUT2D eigenvalue weighted by molar-refractivity contribution is 0.260. The van der Waals surface area contributed by atoms with Crippen molar-refractivity contribution in [3.63, 3.8) is 0 Å². The second-order valence-electron chi connectivity index (χ2n) is 4.47. The Bertz CT molecular complexity index is 163. The highest BCUT2D eigenvalue weighted by Crippen LogP contribution is 2.03. The van der Waals surface area contributed by atoms with E-state index in [0.717, 1.165) is 12.8 Å². The summed E-state index contributed by atoms with van der Waals surface area (Å²) in [6, 6.07) is 0. The van der Waals surface area contributed by atoms with Gasteiger partial charge in [0.05, 0.1) is 4.99 Å². The summed E-state index contributed by atoms with van der Waals surface area (Å²) in [4.78, 5) is 3.25. The van der Waals surface area contributed by atoms with Crippen molar-refractivity contribution in [2.75, 3.05) is 19.6 Å². The maximum atomic E-state index is 5.49. The van der Waals surface area contributed by atoms with E-state index < -0.39 is 0 Å². The molecule has 2 N–H and O–H groups in total. The number of hydrogen-bond donors (Lipinski definition) is 1. The summed E-state index contributed by atoms with van der Waals surface area (Å²) in [6.45, 7) is 8.23. The molecule has 0 aromatic rings. The number of nitrogens with zero attached hydrogens (tertiary/aromatic N) is 1. The third-order valence-electron chi connectivity index (χ3n) is 2.80. The van der Waals surface area contributed by atoms with Gasteiger partial charge in [-0.15, -0.1) is 0 Å². The predicted molar refractivity (Wildman–Crippen MR) is 76.9 cm³/mol. The van der Waals surface area contributed by atoms with Crippen LogP contribution in [0.2, 0.25) is 0 Å². The van der Waals surface area contributed by atoms with Gasteiger partial charge in [0.25, 0.3) is 0 Å². The smallest absolute Gasteiger partial charge is 0.0727 e. The Kier molecular flexibility index (Phi) is 11.2. The van der Waals surface area contributed by atoms with Crippen LogP contribution in [0.4, 0.5) is 0 Å². The molecule has 0 atom stereocenters. The number of nitrogens with two attached hydrogens (primary N) is 1. The minimum atomic E-state index is 0.661. The van der Waals surface area contributed by atoms with Crippen LogP contribution in [0.3, 0.4) is 0 Å². The lowest BCUT2D eigenvalue weighted by Crippen LogP contribution is -2.27. The zero-order valence-corrected chi connectivity index (χ0v) is 11.8. The molecule has 0 saturated carbocycles. The molecule has 0 heterocycles. The molecule has 96 valence electrons. The van der Waals surface area contributed by atoms with Crippen molar-refractivity contribution >= 4 is 17.2 Å². The molecule has 0 bridgehead atoms. The van der Waals surface area contributed by atoms with E-state index in [1.54, 1.807) is 0 Å². The number of unbranched alkanes of at least 4 members (excludes halogenated alkanes) is 3. The largest absolute Gasteiger partial charge is 0.393 e. The summed E-state index contributed by atoms with van der Waals surface area (Å²) in [5.74, 6) is 0. The van der Waals surface area contributed by atoms with Gasteiger partial charge in [-0.1, -0.05) is 38.9 Å². The van der Waals surface area contributed by atoms with Crippen LogP contribution in [-0.4, -0.2) is 29.5 Å². The maximum absolute atomic E-state index is 5.49. The van der Waals surface area contributed by atoms with Crippen LogP contribution in [0, 0.1) is 0 Å². The van der Waals surface area contributed by atoms with E-state index in [9.17, 15) is 0 Å². The van der Waals surface area contributed by atoms with Gasteiger partial charge in [0, 0.05) is 0 Å². The first kappa shape index (κ1) is 15.9. The average Bonchev–Trinajstić information content (AvgIpc) is 2.26. The number of rotatable bonds is 11. The third kappa shape index (κ3) is 10.4. The van der Waals surface area contributed by atoms with Crippen LogP contribution >= 0.6 is 12.2 Å². The van der Waals surface area contributed by atoms with Crippen LogP contribution in [0.1, 0.15) is 58.8 Å². The fourth-order valence-corrected chi connectivity index (χ4v) is 1.88. The van der Waals surface area contributed by atoms with Gasteiger partial charge in [-0.2, -0.15) is 0 Å². The summed E-state index contributed by atoms with van der Waals surface area (Å²) in [7, 11) is 0. The third-order valence-corrected chi connectivity index (χ3v) is 3.01. The molecule has 0 unspecified atom stereocenters. The van der Waals surface area contributed by atoms with Gasteiger partial charge in [-0.25, -0.2) is 0 Å². The van der Waals surface area contributed by atoms with E-state index in [0.29, 0.717) is 4.99 Å². The minimum absolute atomic E-state index is 0.661. The first-order valence-electron chi connectivity index (χ1n) is 6.71. The van der Waals surface area contributed by atoms with Crippen molar-refractivity contribution in [2.24, 2.45) is 5.73 Å². The minimum Gasteiger partial charge on any atom is -0.393 e. The summed E-state index contributed by atoms with van der Waals surface area (Å²) < 4.78 is 0. The Morgan fingerprint density at radius 3 is 1.88 bits per heavy atom. The molecule has 0 aliphatic heterocycles. The quantitative estimate of drug-likeness (QED) is 0.446. The lowest BCUT2D eigenvalue weighted by Gasteiger charge is -2.21. The molecule has 0 radical (unpaired) electrons. The molecule has 0 spiro atoms. The Morgan fingerprint density at radius 2 is 1.44 bits per heavy atom. The Balaban J connectivity index is 3.59.